The first-order valence-corrected chi connectivity index (χ1v) is 8.67. The van der Waals surface area contributed by atoms with E-state index in [1.54, 1.807) is 24.4 Å². The second-order valence-corrected chi connectivity index (χ2v) is 6.51. The maximum absolute atomic E-state index is 12.5. The number of hydrogen-bond acceptors (Lipinski definition) is 3. The number of aryl methyl sites for hydroxylation is 1. The van der Waals surface area contributed by atoms with Gasteiger partial charge in [0.1, 0.15) is 5.69 Å². The van der Waals surface area contributed by atoms with Crippen LogP contribution >= 0.6 is 0 Å². The average Bonchev–Trinajstić information content (AvgIpc) is 2.63. The maximum atomic E-state index is 12.5. The van der Waals surface area contributed by atoms with Crippen molar-refractivity contribution < 1.29 is 9.59 Å². The number of aromatic nitrogens is 1. The third-order valence-corrected chi connectivity index (χ3v) is 4.52. The minimum absolute atomic E-state index is 0.0949. The van der Waals surface area contributed by atoms with Gasteiger partial charge in [-0.15, -0.1) is 0 Å². The highest BCUT2D eigenvalue weighted by atomic mass is 16.2. The molecule has 5 nitrogen and oxygen atoms in total. The number of amides is 2. The average molecular weight is 337 g/mol. The van der Waals surface area contributed by atoms with Gasteiger partial charge >= 0.3 is 0 Å². The number of carbonyl (C=O) groups excluding carboxylic acids is 2. The van der Waals surface area contributed by atoms with Gasteiger partial charge in [-0.05, 0) is 37.5 Å². The van der Waals surface area contributed by atoms with E-state index in [1.807, 2.05) is 30.0 Å². The first-order chi connectivity index (χ1) is 12.1. The van der Waals surface area contributed by atoms with E-state index in [0.29, 0.717) is 25.2 Å². The molecule has 0 unspecified atom stereocenters. The fourth-order valence-electron chi connectivity index (χ4n) is 3.14. The van der Waals surface area contributed by atoms with E-state index in [1.165, 1.54) is 5.56 Å². The molecule has 2 amide bonds. The first kappa shape index (κ1) is 17.1. The molecule has 1 aromatic heterocycles. The Morgan fingerprint density at radius 2 is 1.96 bits per heavy atom. The van der Waals surface area contributed by atoms with E-state index < -0.39 is 0 Å². The van der Waals surface area contributed by atoms with E-state index >= 15 is 0 Å². The molecule has 0 saturated carbocycles. The lowest BCUT2D eigenvalue weighted by atomic mass is 10.0. The number of carbonyl (C=O) groups is 2. The van der Waals surface area contributed by atoms with Crippen LogP contribution in [0.4, 0.5) is 0 Å². The summed E-state index contributed by atoms with van der Waals surface area (Å²) in [5, 5.41) is 3.01. The van der Waals surface area contributed by atoms with Gasteiger partial charge in [0.15, 0.2) is 0 Å². The molecular formula is C20H23N3O2. The van der Waals surface area contributed by atoms with Crippen LogP contribution in [-0.2, 0) is 11.2 Å². The number of piperidine rings is 1. The molecular weight excluding hydrogens is 314 g/mol. The van der Waals surface area contributed by atoms with Crippen molar-refractivity contribution in [3.63, 3.8) is 0 Å². The summed E-state index contributed by atoms with van der Waals surface area (Å²) in [5.74, 6) is 0.00485. The fourth-order valence-corrected chi connectivity index (χ4v) is 3.14. The maximum Gasteiger partial charge on any atom is 0.270 e. The Morgan fingerprint density at radius 3 is 2.64 bits per heavy atom. The van der Waals surface area contributed by atoms with E-state index in [2.05, 4.69) is 16.4 Å². The fraction of sp³-hybridized carbons (Fsp3) is 0.350. The number of benzene rings is 1. The van der Waals surface area contributed by atoms with Gasteiger partial charge < -0.3 is 10.2 Å². The quantitative estimate of drug-likeness (QED) is 0.931. The number of nitrogens with one attached hydrogen (secondary N) is 1. The summed E-state index contributed by atoms with van der Waals surface area (Å²) in [6, 6.07) is 13.4. The first-order valence-electron chi connectivity index (χ1n) is 8.67. The van der Waals surface area contributed by atoms with Gasteiger partial charge in [0.2, 0.25) is 5.91 Å². The summed E-state index contributed by atoms with van der Waals surface area (Å²) in [6.45, 7) is 3.39. The molecule has 1 aromatic carbocycles. The standard InChI is InChI=1S/C20H23N3O2/c1-15-5-4-6-16(13-15)14-19(24)23-11-8-17(9-12-23)22-20(25)18-7-2-3-10-21-18/h2-7,10,13,17H,8-9,11-12,14H2,1H3,(H,22,25). The second kappa shape index (κ2) is 7.92. The van der Waals surface area contributed by atoms with E-state index in [-0.39, 0.29) is 17.9 Å². The summed E-state index contributed by atoms with van der Waals surface area (Å²) < 4.78 is 0. The van der Waals surface area contributed by atoms with Crippen molar-refractivity contribution in [2.24, 2.45) is 0 Å². The van der Waals surface area contributed by atoms with Crippen molar-refractivity contribution in [2.45, 2.75) is 32.2 Å². The Labute approximate surface area is 148 Å². The predicted octanol–water partition coefficient (Wildman–Crippen LogP) is 2.35. The van der Waals surface area contributed by atoms with Crippen molar-refractivity contribution in [2.75, 3.05) is 13.1 Å². The van der Waals surface area contributed by atoms with Gasteiger partial charge in [-0.25, -0.2) is 0 Å². The number of rotatable bonds is 4. The zero-order valence-electron chi connectivity index (χ0n) is 14.4. The lowest BCUT2D eigenvalue weighted by Gasteiger charge is -2.32. The third kappa shape index (κ3) is 4.66. The zero-order valence-corrected chi connectivity index (χ0v) is 14.4. The van der Waals surface area contributed by atoms with Crippen molar-refractivity contribution >= 4 is 11.8 Å². The molecule has 0 aliphatic carbocycles. The Kier molecular flexibility index (Phi) is 5.43. The van der Waals surface area contributed by atoms with Gasteiger partial charge in [0.25, 0.3) is 5.91 Å². The number of pyridine rings is 1. The van der Waals surface area contributed by atoms with Crippen LogP contribution in [0.2, 0.25) is 0 Å². The second-order valence-electron chi connectivity index (χ2n) is 6.51. The van der Waals surface area contributed by atoms with Gasteiger partial charge in [0.05, 0.1) is 6.42 Å². The van der Waals surface area contributed by atoms with Crippen molar-refractivity contribution in [1.29, 1.82) is 0 Å². The molecule has 1 aliphatic rings. The molecule has 1 saturated heterocycles. The normalized spacial score (nSPS) is 15.0. The molecule has 130 valence electrons. The predicted molar refractivity (Wildman–Crippen MR) is 96.2 cm³/mol. The van der Waals surface area contributed by atoms with Crippen LogP contribution in [0.1, 0.15) is 34.5 Å². The number of likely N-dealkylation sites (tertiary alicyclic amines) is 1. The molecule has 0 atom stereocenters. The molecule has 25 heavy (non-hydrogen) atoms. The summed E-state index contributed by atoms with van der Waals surface area (Å²) in [7, 11) is 0. The SMILES string of the molecule is Cc1cccc(CC(=O)N2CCC(NC(=O)c3ccccn3)CC2)c1. The summed E-state index contributed by atoms with van der Waals surface area (Å²) in [5.41, 5.74) is 2.65. The molecule has 1 N–H and O–H groups in total. The Morgan fingerprint density at radius 1 is 1.16 bits per heavy atom. The van der Waals surface area contributed by atoms with Gasteiger partial charge in [0, 0.05) is 25.3 Å². The van der Waals surface area contributed by atoms with E-state index in [0.717, 1.165) is 18.4 Å². The van der Waals surface area contributed by atoms with E-state index in [9.17, 15) is 9.59 Å². The third-order valence-electron chi connectivity index (χ3n) is 4.52. The lowest BCUT2D eigenvalue weighted by Crippen LogP contribution is -2.47. The lowest BCUT2D eigenvalue weighted by molar-refractivity contribution is -0.131. The van der Waals surface area contributed by atoms with Crippen LogP contribution in [-0.4, -0.2) is 40.8 Å². The number of hydrogen-bond donors (Lipinski definition) is 1. The molecule has 3 rings (SSSR count). The smallest absolute Gasteiger partial charge is 0.270 e. The molecule has 2 aromatic rings. The van der Waals surface area contributed by atoms with Crippen molar-refractivity contribution in [3.8, 4) is 0 Å². The number of nitrogens with zero attached hydrogens (tertiary/aromatic N) is 2. The van der Waals surface area contributed by atoms with Crippen LogP contribution in [0.3, 0.4) is 0 Å². The zero-order chi connectivity index (χ0) is 17.6. The highest BCUT2D eigenvalue weighted by Gasteiger charge is 2.24. The van der Waals surface area contributed by atoms with Crippen LogP contribution in [0.15, 0.2) is 48.7 Å². The van der Waals surface area contributed by atoms with Gasteiger partial charge in [-0.3, -0.25) is 14.6 Å². The Hall–Kier alpha value is -2.69. The van der Waals surface area contributed by atoms with Crippen LogP contribution in [0, 0.1) is 6.92 Å². The van der Waals surface area contributed by atoms with Gasteiger partial charge in [-0.2, -0.15) is 0 Å². The molecule has 0 radical (unpaired) electrons. The highest BCUT2D eigenvalue weighted by molar-refractivity contribution is 5.92. The van der Waals surface area contributed by atoms with Gasteiger partial charge in [-0.1, -0.05) is 35.9 Å². The summed E-state index contributed by atoms with van der Waals surface area (Å²) in [6.07, 6.45) is 3.60. The minimum Gasteiger partial charge on any atom is -0.348 e. The van der Waals surface area contributed by atoms with Crippen molar-refractivity contribution in [3.05, 3.63) is 65.5 Å². The largest absolute Gasteiger partial charge is 0.348 e. The van der Waals surface area contributed by atoms with Crippen LogP contribution < -0.4 is 5.32 Å². The molecule has 1 fully saturated rings. The molecule has 5 heteroatoms. The van der Waals surface area contributed by atoms with Crippen molar-refractivity contribution in [1.82, 2.24) is 15.2 Å². The monoisotopic (exact) mass is 337 g/mol. The molecule has 0 bridgehead atoms. The Balaban J connectivity index is 1.48. The highest BCUT2D eigenvalue weighted by Crippen LogP contribution is 2.14. The minimum atomic E-state index is -0.148. The van der Waals surface area contributed by atoms with Crippen LogP contribution in [0.5, 0.6) is 0 Å². The summed E-state index contributed by atoms with van der Waals surface area (Å²) >= 11 is 0. The molecule has 1 aliphatic heterocycles. The topological polar surface area (TPSA) is 62.3 Å². The van der Waals surface area contributed by atoms with Crippen LogP contribution in [0.25, 0.3) is 0 Å². The Bertz CT molecular complexity index is 738. The summed E-state index contributed by atoms with van der Waals surface area (Å²) in [4.78, 5) is 30.6. The van der Waals surface area contributed by atoms with E-state index in [4.69, 9.17) is 0 Å². The molecule has 0 spiro atoms. The molecule has 2 heterocycles.